The Kier molecular flexibility index (Phi) is 3.05. The van der Waals surface area contributed by atoms with Gasteiger partial charge in [-0.1, -0.05) is 19.0 Å². The smallest absolute Gasteiger partial charge is 0.257 e. The minimum atomic E-state index is -0.156. The summed E-state index contributed by atoms with van der Waals surface area (Å²) in [6, 6.07) is 3.51. The van der Waals surface area contributed by atoms with Crippen LogP contribution in [0.1, 0.15) is 35.0 Å². The minimum absolute atomic E-state index is 0.156. The molecule has 4 nitrogen and oxygen atoms in total. The predicted molar refractivity (Wildman–Crippen MR) is 62.9 cm³/mol. The van der Waals surface area contributed by atoms with Gasteiger partial charge < -0.3 is 9.84 Å². The molecule has 0 aliphatic carbocycles. The highest BCUT2D eigenvalue weighted by atomic mass is 32.1. The Morgan fingerprint density at radius 2 is 2.38 bits per heavy atom. The van der Waals surface area contributed by atoms with Crippen LogP contribution in [0.25, 0.3) is 0 Å². The van der Waals surface area contributed by atoms with Crippen molar-refractivity contribution in [3.63, 3.8) is 0 Å². The number of nitrogens with one attached hydrogen (secondary N) is 1. The zero-order valence-corrected chi connectivity index (χ0v) is 9.88. The molecule has 2 rings (SSSR count). The van der Waals surface area contributed by atoms with Gasteiger partial charge in [-0.05, 0) is 12.0 Å². The van der Waals surface area contributed by atoms with E-state index in [1.54, 1.807) is 17.4 Å². The lowest BCUT2D eigenvalue weighted by atomic mass is 10.1. The lowest BCUT2D eigenvalue weighted by molar-refractivity contribution is 0.102. The van der Waals surface area contributed by atoms with Crippen LogP contribution < -0.4 is 5.32 Å². The van der Waals surface area contributed by atoms with Gasteiger partial charge in [-0.15, -0.1) is 11.3 Å². The third-order valence-electron chi connectivity index (χ3n) is 2.13. The summed E-state index contributed by atoms with van der Waals surface area (Å²) in [5.41, 5.74) is 0.664. The molecule has 1 amide bonds. The van der Waals surface area contributed by atoms with Crippen molar-refractivity contribution in [2.45, 2.75) is 19.8 Å². The number of amides is 1. The second kappa shape index (κ2) is 4.49. The van der Waals surface area contributed by atoms with Crippen molar-refractivity contribution in [3.8, 4) is 0 Å². The summed E-state index contributed by atoms with van der Waals surface area (Å²) in [6.45, 7) is 4.20. The lowest BCUT2D eigenvalue weighted by Crippen LogP contribution is -2.10. The summed E-state index contributed by atoms with van der Waals surface area (Å²) in [7, 11) is 0. The van der Waals surface area contributed by atoms with Crippen LogP contribution in [0.5, 0.6) is 0 Å². The molecule has 0 unspecified atom stereocenters. The highest BCUT2D eigenvalue weighted by Gasteiger charge is 2.11. The van der Waals surface area contributed by atoms with Crippen molar-refractivity contribution < 1.29 is 9.32 Å². The summed E-state index contributed by atoms with van der Waals surface area (Å²) in [4.78, 5) is 13.0. The highest BCUT2D eigenvalue weighted by molar-refractivity contribution is 7.10. The first kappa shape index (κ1) is 10.9. The van der Waals surface area contributed by atoms with Crippen LogP contribution in [-0.4, -0.2) is 11.1 Å². The lowest BCUT2D eigenvalue weighted by Gasteiger charge is -1.98. The van der Waals surface area contributed by atoms with Gasteiger partial charge in [-0.2, -0.15) is 0 Å². The molecular weight excluding hydrogens is 224 g/mol. The van der Waals surface area contributed by atoms with E-state index in [-0.39, 0.29) is 5.91 Å². The van der Waals surface area contributed by atoms with Crippen LogP contribution in [0.15, 0.2) is 28.3 Å². The predicted octanol–water partition coefficient (Wildman–Crippen LogP) is 3.11. The minimum Gasteiger partial charge on any atom is -0.363 e. The molecule has 2 heterocycles. The van der Waals surface area contributed by atoms with Gasteiger partial charge in [-0.3, -0.25) is 4.79 Å². The molecular formula is C11H12N2O2S. The van der Waals surface area contributed by atoms with Crippen molar-refractivity contribution in [1.82, 2.24) is 5.16 Å². The quantitative estimate of drug-likeness (QED) is 0.890. The monoisotopic (exact) mass is 236 g/mol. The summed E-state index contributed by atoms with van der Waals surface area (Å²) in [5.74, 6) is 0.720. The van der Waals surface area contributed by atoms with E-state index in [2.05, 4.69) is 28.8 Å². The van der Waals surface area contributed by atoms with E-state index in [1.807, 2.05) is 11.4 Å². The van der Waals surface area contributed by atoms with Gasteiger partial charge in [0.25, 0.3) is 5.91 Å². The number of carbonyl (C=O) groups is 1. The van der Waals surface area contributed by atoms with Gasteiger partial charge in [0.15, 0.2) is 5.82 Å². The maximum absolute atomic E-state index is 11.8. The number of aromatic nitrogens is 1. The molecule has 0 atom stereocenters. The number of hydrogen-bond acceptors (Lipinski definition) is 4. The fraction of sp³-hybridized carbons (Fsp3) is 0.273. The Morgan fingerprint density at radius 1 is 1.56 bits per heavy atom. The topological polar surface area (TPSA) is 55.1 Å². The second-order valence-corrected chi connectivity index (χ2v) is 4.67. The zero-order chi connectivity index (χ0) is 11.5. The van der Waals surface area contributed by atoms with E-state index in [0.29, 0.717) is 17.3 Å². The maximum Gasteiger partial charge on any atom is 0.257 e. The molecule has 16 heavy (non-hydrogen) atoms. The SMILES string of the molecule is CC(C)c1cc(C(=O)Nc2ccon2)cs1. The molecule has 0 aromatic carbocycles. The first-order valence-electron chi connectivity index (χ1n) is 4.97. The third kappa shape index (κ3) is 2.30. The average molecular weight is 236 g/mol. The molecule has 0 radical (unpaired) electrons. The fourth-order valence-electron chi connectivity index (χ4n) is 1.24. The normalized spacial score (nSPS) is 10.7. The molecule has 0 bridgehead atoms. The van der Waals surface area contributed by atoms with Crippen molar-refractivity contribution in [3.05, 3.63) is 34.2 Å². The van der Waals surface area contributed by atoms with Gasteiger partial charge in [-0.25, -0.2) is 0 Å². The van der Waals surface area contributed by atoms with Gasteiger partial charge in [0.05, 0.1) is 5.56 Å². The van der Waals surface area contributed by atoms with Crippen molar-refractivity contribution in [2.24, 2.45) is 0 Å². The molecule has 84 valence electrons. The van der Waals surface area contributed by atoms with E-state index in [1.165, 1.54) is 11.1 Å². The Bertz CT molecular complexity index is 474. The molecule has 0 saturated carbocycles. The molecule has 0 fully saturated rings. The van der Waals surface area contributed by atoms with Crippen molar-refractivity contribution in [2.75, 3.05) is 5.32 Å². The van der Waals surface area contributed by atoms with E-state index in [9.17, 15) is 4.79 Å². The van der Waals surface area contributed by atoms with E-state index >= 15 is 0 Å². The van der Waals surface area contributed by atoms with E-state index in [4.69, 9.17) is 0 Å². The van der Waals surface area contributed by atoms with Crippen molar-refractivity contribution >= 4 is 23.1 Å². The first-order valence-corrected chi connectivity index (χ1v) is 5.85. The largest absolute Gasteiger partial charge is 0.363 e. The molecule has 0 aliphatic rings. The third-order valence-corrected chi connectivity index (χ3v) is 3.36. The number of nitrogens with zero attached hydrogens (tertiary/aromatic N) is 1. The van der Waals surface area contributed by atoms with E-state index in [0.717, 1.165) is 0 Å². The number of anilines is 1. The standard InChI is InChI=1S/C11H12N2O2S/c1-7(2)9-5-8(6-16-9)11(14)12-10-3-4-15-13-10/h3-7H,1-2H3,(H,12,13,14). The average Bonchev–Trinajstić information content (AvgIpc) is 2.86. The zero-order valence-electron chi connectivity index (χ0n) is 9.06. The molecule has 0 spiro atoms. The number of thiophene rings is 1. The van der Waals surface area contributed by atoms with Crippen molar-refractivity contribution in [1.29, 1.82) is 0 Å². The number of carbonyl (C=O) groups excluding carboxylic acids is 1. The molecule has 0 aliphatic heterocycles. The van der Waals surface area contributed by atoms with Gasteiger partial charge in [0, 0.05) is 16.3 Å². The molecule has 2 aromatic heterocycles. The molecule has 5 heteroatoms. The van der Waals surface area contributed by atoms with Gasteiger partial charge in [0.2, 0.25) is 0 Å². The fourth-order valence-corrected chi connectivity index (χ4v) is 2.15. The van der Waals surface area contributed by atoms with Gasteiger partial charge in [0.1, 0.15) is 6.26 Å². The second-order valence-electron chi connectivity index (χ2n) is 3.73. The Hall–Kier alpha value is -1.62. The summed E-state index contributed by atoms with van der Waals surface area (Å²) in [6.07, 6.45) is 1.42. The van der Waals surface area contributed by atoms with Crippen LogP contribution in [0.4, 0.5) is 5.82 Å². The van der Waals surface area contributed by atoms with E-state index < -0.39 is 0 Å². The molecule has 2 aromatic rings. The van der Waals surface area contributed by atoms with Crippen LogP contribution in [0, 0.1) is 0 Å². The summed E-state index contributed by atoms with van der Waals surface area (Å²) in [5, 5.41) is 8.13. The Balaban J connectivity index is 2.09. The first-order chi connectivity index (χ1) is 7.66. The number of rotatable bonds is 3. The Morgan fingerprint density at radius 3 is 2.94 bits per heavy atom. The van der Waals surface area contributed by atoms with Gasteiger partial charge >= 0.3 is 0 Å². The Labute approximate surface area is 97.3 Å². The van der Waals surface area contributed by atoms with Crippen LogP contribution in [0.3, 0.4) is 0 Å². The van der Waals surface area contributed by atoms with Crippen LogP contribution in [0.2, 0.25) is 0 Å². The highest BCUT2D eigenvalue weighted by Crippen LogP contribution is 2.23. The summed E-state index contributed by atoms with van der Waals surface area (Å²) < 4.78 is 4.63. The summed E-state index contributed by atoms with van der Waals surface area (Å²) >= 11 is 1.59. The number of hydrogen-bond donors (Lipinski definition) is 1. The maximum atomic E-state index is 11.8. The van der Waals surface area contributed by atoms with Crippen LogP contribution >= 0.6 is 11.3 Å². The van der Waals surface area contributed by atoms with Crippen LogP contribution in [-0.2, 0) is 0 Å². The molecule has 1 N–H and O–H groups in total. The molecule has 0 saturated heterocycles.